The zero-order valence-electron chi connectivity index (χ0n) is 9.34. The quantitative estimate of drug-likeness (QED) is 0.468. The Bertz CT molecular complexity index is 424. The molecule has 6 heteroatoms. The molecule has 0 aliphatic rings. The Balaban J connectivity index is 2.98. The van der Waals surface area contributed by atoms with E-state index in [2.05, 4.69) is 0 Å². The van der Waals surface area contributed by atoms with Crippen molar-refractivity contribution in [2.45, 2.75) is 20.1 Å². The Kier molecular flexibility index (Phi) is 3.92. The number of phenols is 2. The molecule has 0 aromatic heterocycles. The van der Waals surface area contributed by atoms with E-state index in [1.165, 1.54) is 12.1 Å². The maximum absolute atomic E-state index is 10.8. The van der Waals surface area contributed by atoms with E-state index in [0.29, 0.717) is 0 Å². The Morgan fingerprint density at radius 3 is 2.00 bits per heavy atom. The largest absolute Gasteiger partial charge is 0.504 e. The topological polar surface area (TPSA) is 93.1 Å². The highest BCUT2D eigenvalue weighted by atomic mass is 16.7. The Morgan fingerprint density at radius 1 is 1.06 bits per heavy atom. The first-order valence-corrected chi connectivity index (χ1v) is 4.76. The summed E-state index contributed by atoms with van der Waals surface area (Å²) in [6.07, 6.45) is -1.24. The van der Waals surface area contributed by atoms with E-state index in [-0.39, 0.29) is 11.3 Å². The van der Waals surface area contributed by atoms with Crippen LogP contribution in [0.15, 0.2) is 18.2 Å². The van der Waals surface area contributed by atoms with Crippen molar-refractivity contribution < 1.29 is 29.3 Å². The average molecular weight is 240 g/mol. The lowest BCUT2D eigenvalue weighted by Crippen LogP contribution is -2.14. The van der Waals surface area contributed by atoms with Crippen LogP contribution < -0.4 is 0 Å². The second kappa shape index (κ2) is 5.20. The van der Waals surface area contributed by atoms with Gasteiger partial charge in [0.2, 0.25) is 0 Å². The predicted octanol–water partition coefficient (Wildman–Crippen LogP) is 1.22. The van der Waals surface area contributed by atoms with Gasteiger partial charge in [-0.15, -0.1) is 0 Å². The van der Waals surface area contributed by atoms with Gasteiger partial charge in [-0.05, 0) is 18.2 Å². The van der Waals surface area contributed by atoms with Gasteiger partial charge in [-0.3, -0.25) is 9.59 Å². The fourth-order valence-corrected chi connectivity index (χ4v) is 1.15. The fraction of sp³-hybridized carbons (Fsp3) is 0.273. The number of hydrogen-bond donors (Lipinski definition) is 2. The Labute approximate surface area is 97.4 Å². The standard InChI is InChI=1S/C11H12O6/c1-6(12)16-11(17-7(2)13)8-3-4-9(14)10(15)5-8/h3-5,11,14-15H,1-2H3. The van der Waals surface area contributed by atoms with E-state index in [1.807, 2.05) is 0 Å². The predicted molar refractivity (Wildman–Crippen MR) is 56.0 cm³/mol. The van der Waals surface area contributed by atoms with Crippen molar-refractivity contribution >= 4 is 11.9 Å². The van der Waals surface area contributed by atoms with E-state index >= 15 is 0 Å². The number of rotatable bonds is 3. The van der Waals surface area contributed by atoms with Gasteiger partial charge in [0.1, 0.15) is 0 Å². The molecule has 0 atom stereocenters. The minimum Gasteiger partial charge on any atom is -0.504 e. The molecule has 1 aromatic rings. The molecule has 0 radical (unpaired) electrons. The summed E-state index contributed by atoms with van der Waals surface area (Å²) in [5.41, 5.74) is 0.241. The van der Waals surface area contributed by atoms with Gasteiger partial charge < -0.3 is 19.7 Å². The zero-order chi connectivity index (χ0) is 13.0. The van der Waals surface area contributed by atoms with Crippen LogP contribution in [0.25, 0.3) is 0 Å². The fourth-order valence-electron chi connectivity index (χ4n) is 1.15. The van der Waals surface area contributed by atoms with Crippen LogP contribution in [0.5, 0.6) is 11.5 Å². The van der Waals surface area contributed by atoms with Crippen LogP contribution in [0.1, 0.15) is 25.7 Å². The molecule has 1 aromatic carbocycles. The van der Waals surface area contributed by atoms with Gasteiger partial charge in [0.15, 0.2) is 11.5 Å². The van der Waals surface area contributed by atoms with Crippen LogP contribution in [0.3, 0.4) is 0 Å². The van der Waals surface area contributed by atoms with Crippen molar-refractivity contribution in [3.05, 3.63) is 23.8 Å². The third-order valence-corrected chi connectivity index (χ3v) is 1.82. The van der Waals surface area contributed by atoms with E-state index in [4.69, 9.17) is 14.6 Å². The maximum Gasteiger partial charge on any atom is 0.305 e. The van der Waals surface area contributed by atoms with Crippen LogP contribution >= 0.6 is 0 Å². The lowest BCUT2D eigenvalue weighted by molar-refractivity contribution is -0.186. The molecule has 0 aliphatic carbocycles. The highest BCUT2D eigenvalue weighted by Crippen LogP contribution is 2.29. The lowest BCUT2D eigenvalue weighted by Gasteiger charge is -2.17. The molecule has 0 aliphatic heterocycles. The minimum absolute atomic E-state index is 0.241. The van der Waals surface area contributed by atoms with Crippen LogP contribution in [0, 0.1) is 0 Å². The molecule has 0 unspecified atom stereocenters. The Morgan fingerprint density at radius 2 is 1.59 bits per heavy atom. The number of hydrogen-bond acceptors (Lipinski definition) is 6. The molecule has 0 spiro atoms. The summed E-state index contributed by atoms with van der Waals surface area (Å²) in [7, 11) is 0. The third kappa shape index (κ3) is 3.67. The highest BCUT2D eigenvalue weighted by molar-refractivity contribution is 5.68. The monoisotopic (exact) mass is 240 g/mol. The summed E-state index contributed by atoms with van der Waals surface area (Å²) < 4.78 is 9.53. The minimum atomic E-state index is -1.24. The molecular weight excluding hydrogens is 228 g/mol. The van der Waals surface area contributed by atoms with Crippen molar-refractivity contribution in [2.24, 2.45) is 0 Å². The molecule has 0 saturated heterocycles. The number of esters is 2. The summed E-state index contributed by atoms with van der Waals surface area (Å²) in [4.78, 5) is 21.7. The van der Waals surface area contributed by atoms with Gasteiger partial charge in [-0.2, -0.15) is 0 Å². The Hall–Kier alpha value is -2.24. The van der Waals surface area contributed by atoms with Crippen molar-refractivity contribution in [1.29, 1.82) is 0 Å². The maximum atomic E-state index is 10.8. The molecular formula is C11H12O6. The highest BCUT2D eigenvalue weighted by Gasteiger charge is 2.19. The lowest BCUT2D eigenvalue weighted by atomic mass is 10.2. The third-order valence-electron chi connectivity index (χ3n) is 1.82. The molecule has 92 valence electrons. The van der Waals surface area contributed by atoms with Crippen molar-refractivity contribution in [3.8, 4) is 11.5 Å². The second-order valence-electron chi connectivity index (χ2n) is 3.30. The average Bonchev–Trinajstić information content (AvgIpc) is 2.19. The SMILES string of the molecule is CC(=O)OC(OC(C)=O)c1ccc(O)c(O)c1. The molecule has 1 rings (SSSR count). The second-order valence-corrected chi connectivity index (χ2v) is 3.30. The van der Waals surface area contributed by atoms with Gasteiger partial charge >= 0.3 is 11.9 Å². The molecule has 0 heterocycles. The molecule has 17 heavy (non-hydrogen) atoms. The van der Waals surface area contributed by atoms with Crippen molar-refractivity contribution in [3.63, 3.8) is 0 Å². The van der Waals surface area contributed by atoms with Gasteiger partial charge in [0, 0.05) is 19.4 Å². The van der Waals surface area contributed by atoms with Gasteiger partial charge in [-0.1, -0.05) is 0 Å². The van der Waals surface area contributed by atoms with Crippen molar-refractivity contribution in [2.75, 3.05) is 0 Å². The van der Waals surface area contributed by atoms with E-state index in [9.17, 15) is 14.7 Å². The van der Waals surface area contributed by atoms with E-state index in [0.717, 1.165) is 19.9 Å². The first kappa shape index (κ1) is 12.8. The van der Waals surface area contributed by atoms with Gasteiger partial charge in [-0.25, -0.2) is 0 Å². The molecule has 2 N–H and O–H groups in total. The normalized spacial score (nSPS) is 10.1. The van der Waals surface area contributed by atoms with Gasteiger partial charge in [0.05, 0.1) is 0 Å². The number of carbonyl (C=O) groups is 2. The molecule has 0 saturated carbocycles. The first-order valence-electron chi connectivity index (χ1n) is 4.76. The van der Waals surface area contributed by atoms with E-state index < -0.39 is 24.0 Å². The molecule has 0 amide bonds. The van der Waals surface area contributed by atoms with Crippen LogP contribution in [0.4, 0.5) is 0 Å². The summed E-state index contributed by atoms with van der Waals surface area (Å²) in [5.74, 6) is -1.99. The summed E-state index contributed by atoms with van der Waals surface area (Å²) >= 11 is 0. The summed E-state index contributed by atoms with van der Waals surface area (Å²) in [6.45, 7) is 2.33. The van der Waals surface area contributed by atoms with Gasteiger partial charge in [0.25, 0.3) is 6.29 Å². The van der Waals surface area contributed by atoms with E-state index in [1.54, 1.807) is 0 Å². The number of ether oxygens (including phenoxy) is 2. The smallest absolute Gasteiger partial charge is 0.305 e. The number of carbonyl (C=O) groups excluding carboxylic acids is 2. The zero-order valence-corrected chi connectivity index (χ0v) is 9.34. The summed E-state index contributed by atoms with van der Waals surface area (Å²) in [5, 5.41) is 18.4. The number of phenolic OH excluding ortho intramolecular Hbond substituents is 2. The molecule has 6 nitrogen and oxygen atoms in total. The number of benzene rings is 1. The number of aromatic hydroxyl groups is 2. The van der Waals surface area contributed by atoms with Crippen LogP contribution in [-0.2, 0) is 19.1 Å². The van der Waals surface area contributed by atoms with Crippen LogP contribution in [-0.4, -0.2) is 22.2 Å². The summed E-state index contributed by atoms with van der Waals surface area (Å²) in [6, 6.07) is 3.71. The molecule has 0 fully saturated rings. The molecule has 0 bridgehead atoms. The van der Waals surface area contributed by atoms with Crippen LogP contribution in [0.2, 0.25) is 0 Å². The first-order chi connectivity index (χ1) is 7.90. The van der Waals surface area contributed by atoms with Crippen molar-refractivity contribution in [1.82, 2.24) is 0 Å².